The van der Waals surface area contributed by atoms with E-state index in [0.717, 1.165) is 28.3 Å². The molecule has 0 bridgehead atoms. The van der Waals surface area contributed by atoms with Crippen LogP contribution in [0.15, 0.2) is 42.5 Å². The van der Waals surface area contributed by atoms with Crippen LogP contribution in [-0.2, 0) is 0 Å². The van der Waals surface area contributed by atoms with Crippen molar-refractivity contribution in [1.82, 2.24) is 0 Å². The Morgan fingerprint density at radius 2 is 1.78 bits per heavy atom. The molecule has 1 heterocycles. The second kappa shape index (κ2) is 5.73. The molecule has 3 atom stereocenters. The van der Waals surface area contributed by atoms with E-state index in [-0.39, 0.29) is 6.04 Å². The SMILES string of the molecule is Cc1c(Cl)ccc2c1N[C@H](c1ccc(Cl)cc1Cl)[C@H]1CC=C[C@H]21. The monoisotopic (exact) mass is 363 g/mol. The van der Waals surface area contributed by atoms with Crippen LogP contribution in [0.25, 0.3) is 0 Å². The zero-order chi connectivity index (χ0) is 16.1. The van der Waals surface area contributed by atoms with Gasteiger partial charge in [-0.25, -0.2) is 0 Å². The Balaban J connectivity index is 1.85. The minimum absolute atomic E-state index is 0.157. The van der Waals surface area contributed by atoms with E-state index in [0.29, 0.717) is 21.9 Å². The lowest BCUT2D eigenvalue weighted by Gasteiger charge is -2.38. The van der Waals surface area contributed by atoms with Crippen molar-refractivity contribution in [2.45, 2.75) is 25.3 Å². The lowest BCUT2D eigenvalue weighted by atomic mass is 9.76. The van der Waals surface area contributed by atoms with Crippen molar-refractivity contribution in [2.75, 3.05) is 5.32 Å². The van der Waals surface area contributed by atoms with Crippen LogP contribution in [-0.4, -0.2) is 0 Å². The van der Waals surface area contributed by atoms with Gasteiger partial charge in [-0.15, -0.1) is 0 Å². The molecular weight excluding hydrogens is 349 g/mol. The molecule has 1 aliphatic carbocycles. The van der Waals surface area contributed by atoms with E-state index in [2.05, 4.69) is 30.5 Å². The van der Waals surface area contributed by atoms with E-state index in [1.54, 1.807) is 0 Å². The number of halogens is 3. The van der Waals surface area contributed by atoms with Crippen LogP contribution in [0.1, 0.15) is 35.1 Å². The van der Waals surface area contributed by atoms with E-state index in [9.17, 15) is 0 Å². The Kier molecular flexibility index (Phi) is 3.84. The predicted octanol–water partition coefficient (Wildman–Crippen LogP) is 6.78. The van der Waals surface area contributed by atoms with Crippen LogP contribution >= 0.6 is 34.8 Å². The van der Waals surface area contributed by atoms with Crippen LogP contribution in [0.2, 0.25) is 15.1 Å². The Morgan fingerprint density at radius 3 is 2.57 bits per heavy atom. The summed E-state index contributed by atoms with van der Waals surface area (Å²) >= 11 is 18.9. The maximum Gasteiger partial charge on any atom is 0.0568 e. The van der Waals surface area contributed by atoms with Gasteiger partial charge in [-0.1, -0.05) is 59.1 Å². The highest BCUT2D eigenvalue weighted by Crippen LogP contribution is 2.52. The molecule has 2 aliphatic rings. The molecule has 23 heavy (non-hydrogen) atoms. The Hall–Kier alpha value is -1.15. The van der Waals surface area contributed by atoms with Crippen LogP contribution in [0.5, 0.6) is 0 Å². The molecule has 0 unspecified atom stereocenters. The van der Waals surface area contributed by atoms with Crippen molar-refractivity contribution in [2.24, 2.45) is 5.92 Å². The van der Waals surface area contributed by atoms with Gasteiger partial charge in [0, 0.05) is 26.7 Å². The van der Waals surface area contributed by atoms with E-state index in [1.165, 1.54) is 5.56 Å². The molecule has 0 spiro atoms. The summed E-state index contributed by atoms with van der Waals surface area (Å²) in [4.78, 5) is 0. The molecule has 2 aromatic carbocycles. The van der Waals surface area contributed by atoms with Gasteiger partial charge in [0.2, 0.25) is 0 Å². The van der Waals surface area contributed by atoms with Crippen molar-refractivity contribution < 1.29 is 0 Å². The molecule has 1 aliphatic heterocycles. The topological polar surface area (TPSA) is 12.0 Å². The van der Waals surface area contributed by atoms with Gasteiger partial charge < -0.3 is 5.32 Å². The van der Waals surface area contributed by atoms with Gasteiger partial charge in [-0.2, -0.15) is 0 Å². The summed E-state index contributed by atoms with van der Waals surface area (Å²) < 4.78 is 0. The van der Waals surface area contributed by atoms with Crippen molar-refractivity contribution >= 4 is 40.5 Å². The number of hydrogen-bond acceptors (Lipinski definition) is 1. The number of allylic oxidation sites excluding steroid dienone is 2. The highest BCUT2D eigenvalue weighted by Gasteiger charge is 2.39. The van der Waals surface area contributed by atoms with E-state index in [1.807, 2.05) is 24.3 Å². The Morgan fingerprint density at radius 1 is 1.00 bits per heavy atom. The quantitative estimate of drug-likeness (QED) is 0.550. The molecule has 0 fully saturated rings. The molecule has 1 nitrogen and oxygen atoms in total. The van der Waals surface area contributed by atoms with Crippen LogP contribution < -0.4 is 5.32 Å². The summed E-state index contributed by atoms with van der Waals surface area (Å²) in [5.41, 5.74) is 4.66. The second-order valence-electron chi connectivity index (χ2n) is 6.28. The van der Waals surface area contributed by atoms with Crippen LogP contribution in [0.4, 0.5) is 5.69 Å². The maximum atomic E-state index is 6.48. The number of fused-ring (bicyclic) bond motifs is 3. The number of hydrogen-bond donors (Lipinski definition) is 1. The normalized spacial score (nSPS) is 25.0. The summed E-state index contributed by atoms with van der Waals surface area (Å²) in [7, 11) is 0. The van der Waals surface area contributed by atoms with E-state index < -0.39 is 0 Å². The molecule has 2 aromatic rings. The average Bonchev–Trinajstić information content (AvgIpc) is 3.00. The molecule has 4 rings (SSSR count). The van der Waals surface area contributed by atoms with Gasteiger partial charge in [0.15, 0.2) is 0 Å². The number of nitrogens with one attached hydrogen (secondary N) is 1. The van der Waals surface area contributed by atoms with Gasteiger partial charge >= 0.3 is 0 Å². The first-order valence-electron chi connectivity index (χ1n) is 7.73. The average molecular weight is 365 g/mol. The number of anilines is 1. The lowest BCUT2D eigenvalue weighted by Crippen LogP contribution is -2.29. The van der Waals surface area contributed by atoms with Gasteiger partial charge in [-0.05, 0) is 54.2 Å². The summed E-state index contributed by atoms with van der Waals surface area (Å²) in [5.74, 6) is 0.862. The van der Waals surface area contributed by atoms with Crippen molar-refractivity contribution in [3.63, 3.8) is 0 Å². The van der Waals surface area contributed by atoms with Crippen LogP contribution in [0.3, 0.4) is 0 Å². The number of rotatable bonds is 1. The molecule has 0 aromatic heterocycles. The highest BCUT2D eigenvalue weighted by molar-refractivity contribution is 6.35. The third kappa shape index (κ3) is 2.46. The predicted molar refractivity (Wildman–Crippen MR) is 99.0 cm³/mol. The first-order valence-corrected chi connectivity index (χ1v) is 8.87. The van der Waals surface area contributed by atoms with Gasteiger partial charge in [0.05, 0.1) is 6.04 Å². The Bertz CT molecular complexity index is 813. The van der Waals surface area contributed by atoms with Crippen molar-refractivity contribution in [1.29, 1.82) is 0 Å². The zero-order valence-corrected chi connectivity index (χ0v) is 14.9. The van der Waals surface area contributed by atoms with Crippen LogP contribution in [0, 0.1) is 12.8 Å². The summed E-state index contributed by atoms with van der Waals surface area (Å²) in [6.45, 7) is 2.06. The molecule has 0 saturated heterocycles. The summed E-state index contributed by atoms with van der Waals surface area (Å²) in [5, 5.41) is 5.87. The fourth-order valence-corrected chi connectivity index (χ4v) is 4.53. The molecular formula is C19H16Cl3N. The van der Waals surface area contributed by atoms with Gasteiger partial charge in [-0.3, -0.25) is 0 Å². The third-order valence-electron chi connectivity index (χ3n) is 5.03. The first kappa shape index (κ1) is 15.4. The lowest BCUT2D eigenvalue weighted by molar-refractivity contribution is 0.425. The molecule has 0 saturated carbocycles. The largest absolute Gasteiger partial charge is 0.377 e. The fourth-order valence-electron chi connectivity index (χ4n) is 3.85. The summed E-state index contributed by atoms with van der Waals surface area (Å²) in [6.07, 6.45) is 5.63. The number of benzene rings is 2. The molecule has 4 heteroatoms. The fraction of sp³-hybridized carbons (Fsp3) is 0.263. The van der Waals surface area contributed by atoms with Crippen molar-refractivity contribution in [3.8, 4) is 0 Å². The molecule has 1 N–H and O–H groups in total. The Labute approximate surface area is 151 Å². The van der Waals surface area contributed by atoms with E-state index >= 15 is 0 Å². The second-order valence-corrected chi connectivity index (χ2v) is 7.53. The maximum absolute atomic E-state index is 6.48. The van der Waals surface area contributed by atoms with E-state index in [4.69, 9.17) is 34.8 Å². The molecule has 118 valence electrons. The highest BCUT2D eigenvalue weighted by atomic mass is 35.5. The zero-order valence-electron chi connectivity index (χ0n) is 12.6. The minimum Gasteiger partial charge on any atom is -0.377 e. The van der Waals surface area contributed by atoms with Gasteiger partial charge in [0.1, 0.15) is 0 Å². The molecule has 0 radical (unpaired) electrons. The van der Waals surface area contributed by atoms with Gasteiger partial charge in [0.25, 0.3) is 0 Å². The third-order valence-corrected chi connectivity index (χ3v) is 6.00. The van der Waals surface area contributed by atoms with Crippen molar-refractivity contribution in [3.05, 3.63) is 74.2 Å². The smallest absolute Gasteiger partial charge is 0.0568 e. The minimum atomic E-state index is 0.157. The first-order chi connectivity index (χ1) is 11.1. The standard InChI is InChI=1S/C19H16Cl3N/c1-10-16(21)8-7-14-12-3-2-4-13(12)19(23-18(10)14)15-6-5-11(20)9-17(15)22/h2-3,5-9,12-13,19,23H,4H2,1H3/t12-,13-,19-/m0/s1. The summed E-state index contributed by atoms with van der Waals surface area (Å²) in [6, 6.07) is 10.0. The molecule has 0 amide bonds.